The van der Waals surface area contributed by atoms with Crippen LogP contribution in [0.1, 0.15) is 43.9 Å². The van der Waals surface area contributed by atoms with Crippen molar-refractivity contribution in [2.75, 3.05) is 12.0 Å². The monoisotopic (exact) mass is 404 g/mol. The second-order valence-corrected chi connectivity index (χ2v) is 7.01. The molecule has 0 fully saturated rings. The van der Waals surface area contributed by atoms with Crippen LogP contribution in [0.15, 0.2) is 42.9 Å². The van der Waals surface area contributed by atoms with Gasteiger partial charge in [0.05, 0.1) is 11.5 Å². The van der Waals surface area contributed by atoms with E-state index < -0.39 is 18.7 Å². The summed E-state index contributed by atoms with van der Waals surface area (Å²) in [5.41, 5.74) is 1.49. The van der Waals surface area contributed by atoms with Crippen molar-refractivity contribution in [1.82, 2.24) is 14.5 Å². The smallest absolute Gasteiger partial charge is 0.256 e. The Morgan fingerprint density at radius 2 is 2.00 bits per heavy atom. The van der Waals surface area contributed by atoms with Crippen molar-refractivity contribution in [2.24, 2.45) is 0 Å². The number of aliphatic hydroxyl groups is 1. The van der Waals surface area contributed by atoms with Gasteiger partial charge in [-0.05, 0) is 43.0 Å². The molecule has 28 heavy (non-hydrogen) atoms. The number of hydrogen-bond donors (Lipinski definition) is 2. The number of carbonyl (C=O) groups excluding carboxylic acids is 1. The van der Waals surface area contributed by atoms with Crippen molar-refractivity contribution in [3.8, 4) is 0 Å². The quantitative estimate of drug-likeness (QED) is 0.581. The maximum Gasteiger partial charge on any atom is 0.256 e. The van der Waals surface area contributed by atoms with E-state index in [0.29, 0.717) is 28.3 Å². The first kappa shape index (κ1) is 20.2. The standard InChI is InChI=1S/C20H22ClFN4O2/c1-2-15(7-8-17(27)13-3-5-14(21)6-4-13)26-10-9-16-19(25-18(28)11-22)23-12-24-20(16)26/h3-6,9-10,12,15,17,27H,2,7-8,11H2,1H3,(H,23,24,25,28). The molecule has 2 N–H and O–H groups in total. The van der Waals surface area contributed by atoms with Gasteiger partial charge in [0.2, 0.25) is 0 Å². The minimum atomic E-state index is -1.10. The molecule has 3 rings (SSSR count). The second kappa shape index (κ2) is 9.12. The first-order valence-corrected chi connectivity index (χ1v) is 9.52. The van der Waals surface area contributed by atoms with Crippen molar-refractivity contribution in [3.63, 3.8) is 0 Å². The third kappa shape index (κ3) is 4.48. The molecular formula is C20H22ClFN4O2. The maximum absolute atomic E-state index is 12.5. The Hall–Kier alpha value is -2.51. The number of amides is 1. The Balaban J connectivity index is 1.77. The van der Waals surface area contributed by atoms with Crippen LogP contribution in [0.4, 0.5) is 10.2 Å². The Morgan fingerprint density at radius 3 is 2.68 bits per heavy atom. The van der Waals surface area contributed by atoms with Gasteiger partial charge >= 0.3 is 0 Å². The summed E-state index contributed by atoms with van der Waals surface area (Å²) in [5.74, 6) is -0.451. The highest BCUT2D eigenvalue weighted by Gasteiger charge is 2.18. The molecule has 8 heteroatoms. The zero-order chi connectivity index (χ0) is 20.1. The van der Waals surface area contributed by atoms with E-state index in [1.165, 1.54) is 6.33 Å². The summed E-state index contributed by atoms with van der Waals surface area (Å²) in [4.78, 5) is 19.7. The topological polar surface area (TPSA) is 80.0 Å². The first-order chi connectivity index (χ1) is 13.5. The summed E-state index contributed by atoms with van der Waals surface area (Å²) in [7, 11) is 0. The van der Waals surface area contributed by atoms with E-state index in [9.17, 15) is 14.3 Å². The van der Waals surface area contributed by atoms with E-state index in [2.05, 4.69) is 22.2 Å². The zero-order valence-corrected chi connectivity index (χ0v) is 16.2. The largest absolute Gasteiger partial charge is 0.388 e. The molecule has 1 amide bonds. The number of halogens is 2. The van der Waals surface area contributed by atoms with Gasteiger partial charge in [0.25, 0.3) is 5.91 Å². The number of aromatic nitrogens is 3. The van der Waals surface area contributed by atoms with Gasteiger partial charge in [-0.25, -0.2) is 14.4 Å². The Morgan fingerprint density at radius 1 is 1.25 bits per heavy atom. The molecule has 0 aliphatic carbocycles. The van der Waals surface area contributed by atoms with Crippen LogP contribution in [0.3, 0.4) is 0 Å². The maximum atomic E-state index is 12.5. The number of carbonyl (C=O) groups is 1. The molecule has 6 nitrogen and oxygen atoms in total. The van der Waals surface area contributed by atoms with Crippen molar-refractivity contribution in [3.05, 3.63) is 53.4 Å². The SMILES string of the molecule is CCC(CCC(O)c1ccc(Cl)cc1)n1ccc2c(NC(=O)CF)ncnc21. The van der Waals surface area contributed by atoms with Gasteiger partial charge in [-0.2, -0.15) is 0 Å². The minimum Gasteiger partial charge on any atom is -0.388 e. The lowest BCUT2D eigenvalue weighted by atomic mass is 10.0. The van der Waals surface area contributed by atoms with Crippen LogP contribution < -0.4 is 5.32 Å². The molecule has 2 aromatic heterocycles. The van der Waals surface area contributed by atoms with Gasteiger partial charge < -0.3 is 15.0 Å². The fourth-order valence-electron chi connectivity index (χ4n) is 3.27. The molecule has 2 heterocycles. The number of nitrogens with zero attached hydrogens (tertiary/aromatic N) is 3. The summed E-state index contributed by atoms with van der Waals surface area (Å²) >= 11 is 5.90. The first-order valence-electron chi connectivity index (χ1n) is 9.14. The van der Waals surface area contributed by atoms with Gasteiger partial charge in [-0.3, -0.25) is 4.79 Å². The lowest BCUT2D eigenvalue weighted by Gasteiger charge is -2.20. The molecule has 1 aromatic carbocycles. The molecule has 2 atom stereocenters. The molecule has 0 spiro atoms. The Kier molecular flexibility index (Phi) is 6.59. The van der Waals surface area contributed by atoms with E-state index in [1.807, 2.05) is 29.0 Å². The molecular weight excluding hydrogens is 383 g/mol. The van der Waals surface area contributed by atoms with Gasteiger partial charge in [0.1, 0.15) is 17.8 Å². The Bertz CT molecular complexity index is 945. The predicted octanol–water partition coefficient (Wildman–Crippen LogP) is 4.46. The van der Waals surface area contributed by atoms with Crippen LogP contribution in [0, 0.1) is 0 Å². The Labute approximate surface area is 167 Å². The van der Waals surface area contributed by atoms with E-state index in [1.54, 1.807) is 12.1 Å². The number of anilines is 1. The van der Waals surface area contributed by atoms with Crippen LogP contribution in [-0.2, 0) is 4.79 Å². The second-order valence-electron chi connectivity index (χ2n) is 6.57. The molecule has 0 saturated heterocycles. The van der Waals surface area contributed by atoms with E-state index in [-0.39, 0.29) is 6.04 Å². The third-order valence-electron chi connectivity index (χ3n) is 4.78. The highest BCUT2D eigenvalue weighted by molar-refractivity contribution is 6.30. The average molecular weight is 405 g/mol. The van der Waals surface area contributed by atoms with Gasteiger partial charge in [0.15, 0.2) is 6.67 Å². The van der Waals surface area contributed by atoms with E-state index in [4.69, 9.17) is 11.6 Å². The minimum absolute atomic E-state index is 0.110. The lowest BCUT2D eigenvalue weighted by Crippen LogP contribution is -2.15. The van der Waals surface area contributed by atoms with Crippen molar-refractivity contribution >= 4 is 34.4 Å². The number of alkyl halides is 1. The summed E-state index contributed by atoms with van der Waals surface area (Å²) in [6, 6.07) is 9.10. The molecule has 0 aliphatic rings. The molecule has 0 radical (unpaired) electrons. The van der Waals surface area contributed by atoms with Crippen LogP contribution in [0.5, 0.6) is 0 Å². The fraction of sp³-hybridized carbons (Fsp3) is 0.350. The van der Waals surface area contributed by atoms with Crippen LogP contribution in [0.2, 0.25) is 5.02 Å². The number of fused-ring (bicyclic) bond motifs is 1. The molecule has 0 saturated carbocycles. The van der Waals surface area contributed by atoms with Crippen LogP contribution in [0.25, 0.3) is 11.0 Å². The molecule has 0 bridgehead atoms. The predicted molar refractivity (Wildman–Crippen MR) is 107 cm³/mol. The van der Waals surface area contributed by atoms with Gasteiger partial charge in [0, 0.05) is 17.3 Å². The van der Waals surface area contributed by atoms with Crippen LogP contribution >= 0.6 is 11.6 Å². The van der Waals surface area contributed by atoms with Crippen molar-refractivity contribution in [1.29, 1.82) is 0 Å². The van der Waals surface area contributed by atoms with E-state index >= 15 is 0 Å². The number of rotatable bonds is 8. The van der Waals surface area contributed by atoms with E-state index in [0.717, 1.165) is 18.4 Å². The zero-order valence-electron chi connectivity index (χ0n) is 15.5. The summed E-state index contributed by atoms with van der Waals surface area (Å²) in [6.45, 7) is 0.963. The van der Waals surface area contributed by atoms with Crippen molar-refractivity contribution in [2.45, 2.75) is 38.3 Å². The summed E-state index contributed by atoms with van der Waals surface area (Å²) in [6.07, 6.45) is 4.81. The molecule has 2 unspecified atom stereocenters. The molecule has 3 aromatic rings. The number of hydrogen-bond acceptors (Lipinski definition) is 4. The van der Waals surface area contributed by atoms with Gasteiger partial charge in [-0.1, -0.05) is 30.7 Å². The third-order valence-corrected chi connectivity index (χ3v) is 5.03. The summed E-state index contributed by atoms with van der Waals surface area (Å²) in [5, 5.41) is 14.2. The number of benzene rings is 1. The molecule has 0 aliphatic heterocycles. The number of nitrogens with one attached hydrogen (secondary N) is 1. The van der Waals surface area contributed by atoms with Crippen molar-refractivity contribution < 1.29 is 14.3 Å². The highest BCUT2D eigenvalue weighted by Crippen LogP contribution is 2.30. The average Bonchev–Trinajstić information content (AvgIpc) is 3.14. The van der Waals surface area contributed by atoms with Gasteiger partial charge in [-0.15, -0.1) is 0 Å². The summed E-state index contributed by atoms with van der Waals surface area (Å²) < 4.78 is 14.5. The highest BCUT2D eigenvalue weighted by atomic mass is 35.5. The normalized spacial score (nSPS) is 13.4. The lowest BCUT2D eigenvalue weighted by molar-refractivity contribution is -0.117. The fourth-order valence-corrected chi connectivity index (χ4v) is 3.40. The number of aliphatic hydroxyl groups excluding tert-OH is 1. The molecule has 148 valence electrons. The van der Waals surface area contributed by atoms with Crippen LogP contribution in [-0.4, -0.2) is 32.2 Å².